The predicted molar refractivity (Wildman–Crippen MR) is 92.8 cm³/mol. The van der Waals surface area contributed by atoms with Gasteiger partial charge in [0.05, 0.1) is 19.1 Å². The number of ether oxygens (including phenoxy) is 3. The Morgan fingerprint density at radius 2 is 2.04 bits per heavy atom. The molecule has 0 bridgehead atoms. The number of carbonyl (C=O) groups is 1. The molecule has 2 unspecified atom stereocenters. The highest BCUT2D eigenvalue weighted by molar-refractivity contribution is 5.69. The number of benzene rings is 1. The number of aliphatic hydroxyl groups excluding tert-OH is 1. The molecule has 1 saturated heterocycles. The molecular formula is C19H30O5. The van der Waals surface area contributed by atoms with Gasteiger partial charge < -0.3 is 19.3 Å². The number of methoxy groups -OCH3 is 1. The van der Waals surface area contributed by atoms with Crippen LogP contribution < -0.4 is 0 Å². The van der Waals surface area contributed by atoms with Crippen molar-refractivity contribution in [3.8, 4) is 0 Å². The largest absolute Gasteiger partial charge is 0.463 e. The zero-order valence-corrected chi connectivity index (χ0v) is 14.8. The van der Waals surface area contributed by atoms with E-state index in [4.69, 9.17) is 14.6 Å². The Kier molecular flexibility index (Phi) is 11.1. The molecule has 1 heterocycles. The highest BCUT2D eigenvalue weighted by atomic mass is 16.5. The van der Waals surface area contributed by atoms with Crippen molar-refractivity contribution in [2.24, 2.45) is 5.92 Å². The third kappa shape index (κ3) is 9.65. The van der Waals surface area contributed by atoms with Gasteiger partial charge in [-0.05, 0) is 37.7 Å². The molecule has 2 atom stereocenters. The molecule has 0 aromatic heterocycles. The van der Waals surface area contributed by atoms with Crippen LogP contribution in [0.5, 0.6) is 0 Å². The van der Waals surface area contributed by atoms with Gasteiger partial charge in [-0.15, -0.1) is 0 Å². The third-order valence-corrected chi connectivity index (χ3v) is 3.68. The summed E-state index contributed by atoms with van der Waals surface area (Å²) in [5.41, 5.74) is 1.31. The Morgan fingerprint density at radius 3 is 2.67 bits per heavy atom. The van der Waals surface area contributed by atoms with Crippen molar-refractivity contribution >= 4 is 5.97 Å². The first-order valence-corrected chi connectivity index (χ1v) is 8.56. The molecule has 1 N–H and O–H groups in total. The number of esters is 1. The van der Waals surface area contributed by atoms with E-state index < -0.39 is 0 Å². The summed E-state index contributed by atoms with van der Waals surface area (Å²) in [5.74, 6) is 0.260. The maximum absolute atomic E-state index is 11.4. The summed E-state index contributed by atoms with van der Waals surface area (Å²) >= 11 is 0. The Bertz CT molecular complexity index is 431. The maximum atomic E-state index is 11.4. The van der Waals surface area contributed by atoms with Gasteiger partial charge in [0.25, 0.3) is 0 Å². The third-order valence-electron chi connectivity index (χ3n) is 3.68. The lowest BCUT2D eigenvalue weighted by Crippen LogP contribution is -2.20. The van der Waals surface area contributed by atoms with Crippen LogP contribution in [-0.2, 0) is 25.4 Å². The second kappa shape index (κ2) is 12.9. The summed E-state index contributed by atoms with van der Waals surface area (Å²) in [6, 6.07) is 10.4. The first-order valence-electron chi connectivity index (χ1n) is 8.56. The molecule has 5 heteroatoms. The zero-order valence-electron chi connectivity index (χ0n) is 14.8. The normalized spacial score (nSPS) is 21.5. The number of rotatable bonds is 5. The minimum absolute atomic E-state index is 0.0205. The van der Waals surface area contributed by atoms with Crippen LogP contribution in [0.2, 0.25) is 0 Å². The zero-order chi connectivity index (χ0) is 17.6. The Hall–Kier alpha value is -1.43. The van der Waals surface area contributed by atoms with E-state index in [2.05, 4.69) is 29.0 Å². The molecule has 2 rings (SSSR count). The number of aliphatic hydroxyl groups is 1. The molecule has 136 valence electrons. The smallest absolute Gasteiger partial charge is 0.308 e. The summed E-state index contributed by atoms with van der Waals surface area (Å²) in [4.78, 5) is 11.4. The predicted octanol–water partition coefficient (Wildman–Crippen LogP) is 2.60. The number of carbonyl (C=O) groups excluding carboxylic acids is 1. The van der Waals surface area contributed by atoms with E-state index in [1.807, 2.05) is 13.0 Å². The van der Waals surface area contributed by atoms with Crippen molar-refractivity contribution in [2.75, 3.05) is 33.5 Å². The van der Waals surface area contributed by atoms with Gasteiger partial charge in [-0.25, -0.2) is 0 Å². The molecule has 1 aliphatic rings. The minimum Gasteiger partial charge on any atom is -0.463 e. The lowest BCUT2D eigenvalue weighted by Gasteiger charge is -2.19. The van der Waals surface area contributed by atoms with Crippen LogP contribution in [0.25, 0.3) is 0 Å². The van der Waals surface area contributed by atoms with Gasteiger partial charge in [-0.1, -0.05) is 30.3 Å². The summed E-state index contributed by atoms with van der Waals surface area (Å²) in [6.45, 7) is 4.03. The fraction of sp³-hybridized carbons (Fsp3) is 0.632. The Morgan fingerprint density at radius 1 is 1.29 bits per heavy atom. The first-order chi connectivity index (χ1) is 11.7. The van der Waals surface area contributed by atoms with Crippen molar-refractivity contribution in [1.82, 2.24) is 0 Å². The number of hydrogen-bond acceptors (Lipinski definition) is 5. The van der Waals surface area contributed by atoms with Gasteiger partial charge in [-0.2, -0.15) is 0 Å². The van der Waals surface area contributed by atoms with E-state index in [-0.39, 0.29) is 18.7 Å². The van der Waals surface area contributed by atoms with Crippen LogP contribution in [0, 0.1) is 5.92 Å². The summed E-state index contributed by atoms with van der Waals surface area (Å²) in [5, 5.41) is 8.12. The van der Waals surface area contributed by atoms with Crippen molar-refractivity contribution in [1.29, 1.82) is 0 Å². The Labute approximate surface area is 144 Å². The molecule has 0 radical (unpaired) electrons. The summed E-state index contributed by atoms with van der Waals surface area (Å²) < 4.78 is 15.5. The quantitative estimate of drug-likeness (QED) is 0.660. The lowest BCUT2D eigenvalue weighted by atomic mass is 9.95. The van der Waals surface area contributed by atoms with Crippen LogP contribution in [0.4, 0.5) is 0 Å². The second-order valence-electron chi connectivity index (χ2n) is 5.99. The minimum atomic E-state index is -0.150. The lowest BCUT2D eigenvalue weighted by molar-refractivity contribution is -0.148. The van der Waals surface area contributed by atoms with Gasteiger partial charge in [0.1, 0.15) is 0 Å². The topological polar surface area (TPSA) is 65.0 Å². The molecule has 1 aliphatic heterocycles. The molecule has 1 fully saturated rings. The molecule has 0 spiro atoms. The highest BCUT2D eigenvalue weighted by Crippen LogP contribution is 2.18. The van der Waals surface area contributed by atoms with E-state index in [0.29, 0.717) is 32.2 Å². The van der Waals surface area contributed by atoms with Crippen LogP contribution in [0.1, 0.15) is 31.7 Å². The monoisotopic (exact) mass is 338 g/mol. The van der Waals surface area contributed by atoms with Crippen LogP contribution in [0.15, 0.2) is 30.3 Å². The van der Waals surface area contributed by atoms with Gasteiger partial charge >= 0.3 is 5.97 Å². The average Bonchev–Trinajstić information content (AvgIpc) is 2.65. The maximum Gasteiger partial charge on any atom is 0.308 e. The van der Waals surface area contributed by atoms with Gasteiger partial charge in [-0.3, -0.25) is 4.79 Å². The van der Waals surface area contributed by atoms with Crippen LogP contribution >= 0.6 is 0 Å². The standard InChI is InChI=1S/C15H20O3.C4H10O2/c1-12-9-14(10-13-5-3-2-4-6-13)11-17-8-7-15(16)18-12;1-6-4-2-3-5/h2-6,12,14H,7-11H2,1H3;5H,2-4H2,1H3. The van der Waals surface area contributed by atoms with E-state index >= 15 is 0 Å². The molecular weight excluding hydrogens is 308 g/mol. The first kappa shape index (κ1) is 20.6. The molecule has 24 heavy (non-hydrogen) atoms. The number of cyclic esters (lactones) is 1. The van der Waals surface area contributed by atoms with E-state index in [1.54, 1.807) is 7.11 Å². The van der Waals surface area contributed by atoms with E-state index in [1.165, 1.54) is 5.56 Å². The van der Waals surface area contributed by atoms with Crippen LogP contribution in [0.3, 0.4) is 0 Å². The Balaban J connectivity index is 0.000000413. The van der Waals surface area contributed by atoms with Gasteiger partial charge in [0, 0.05) is 26.9 Å². The van der Waals surface area contributed by atoms with Crippen LogP contribution in [-0.4, -0.2) is 50.7 Å². The number of hydrogen-bond donors (Lipinski definition) is 1. The summed E-state index contributed by atoms with van der Waals surface area (Å²) in [6.07, 6.45) is 2.93. The van der Waals surface area contributed by atoms with Crippen molar-refractivity contribution in [3.05, 3.63) is 35.9 Å². The molecule has 1 aromatic rings. The van der Waals surface area contributed by atoms with Gasteiger partial charge in [0.2, 0.25) is 0 Å². The van der Waals surface area contributed by atoms with Crippen molar-refractivity contribution in [2.45, 2.75) is 38.7 Å². The molecule has 0 saturated carbocycles. The summed E-state index contributed by atoms with van der Waals surface area (Å²) in [7, 11) is 1.62. The van der Waals surface area contributed by atoms with E-state index in [9.17, 15) is 4.79 Å². The fourth-order valence-corrected chi connectivity index (χ4v) is 2.57. The SMILES string of the molecule is CC1CC(Cc2ccccc2)COCCC(=O)O1.COCCCO. The second-order valence-corrected chi connectivity index (χ2v) is 5.99. The van der Waals surface area contributed by atoms with E-state index in [0.717, 1.165) is 19.3 Å². The molecule has 0 amide bonds. The molecule has 1 aromatic carbocycles. The molecule has 0 aliphatic carbocycles. The van der Waals surface area contributed by atoms with Gasteiger partial charge in [0.15, 0.2) is 0 Å². The highest BCUT2D eigenvalue weighted by Gasteiger charge is 2.19. The van der Waals surface area contributed by atoms with Crippen molar-refractivity contribution in [3.63, 3.8) is 0 Å². The average molecular weight is 338 g/mol. The fourth-order valence-electron chi connectivity index (χ4n) is 2.57. The molecule has 5 nitrogen and oxygen atoms in total. The van der Waals surface area contributed by atoms with Crippen molar-refractivity contribution < 1.29 is 24.1 Å².